The first-order valence-electron chi connectivity index (χ1n) is 6.39. The molecular formula is C13H18N2O4. The third-order valence-corrected chi connectivity index (χ3v) is 3.33. The van der Waals surface area contributed by atoms with Gasteiger partial charge in [-0.2, -0.15) is 0 Å². The van der Waals surface area contributed by atoms with Crippen molar-refractivity contribution < 1.29 is 19.1 Å². The number of aliphatic hydroxyl groups excluding tert-OH is 1. The number of nitrogens with one attached hydrogen (secondary N) is 1. The van der Waals surface area contributed by atoms with Gasteiger partial charge in [0.2, 0.25) is 5.91 Å². The van der Waals surface area contributed by atoms with Gasteiger partial charge in [0.15, 0.2) is 5.76 Å². The van der Waals surface area contributed by atoms with Crippen LogP contribution in [-0.2, 0) is 4.79 Å². The lowest BCUT2D eigenvalue weighted by atomic mass is 10.2. The number of hydrogen-bond acceptors (Lipinski definition) is 4. The van der Waals surface area contributed by atoms with Gasteiger partial charge in [0.25, 0.3) is 5.91 Å². The highest BCUT2D eigenvalue weighted by atomic mass is 16.3. The Kier molecular flexibility index (Phi) is 4.21. The summed E-state index contributed by atoms with van der Waals surface area (Å²) in [7, 11) is 0. The number of hydrogen-bond donors (Lipinski definition) is 2. The van der Waals surface area contributed by atoms with E-state index < -0.39 is 11.9 Å². The van der Waals surface area contributed by atoms with Crippen molar-refractivity contribution in [3.05, 3.63) is 24.2 Å². The number of rotatable bonds is 4. The Labute approximate surface area is 111 Å². The van der Waals surface area contributed by atoms with Gasteiger partial charge in [0.1, 0.15) is 6.04 Å². The summed E-state index contributed by atoms with van der Waals surface area (Å²) in [4.78, 5) is 25.6. The number of carbonyl (C=O) groups is 2. The molecule has 2 rings (SSSR count). The van der Waals surface area contributed by atoms with E-state index in [0.29, 0.717) is 6.54 Å². The second-order valence-corrected chi connectivity index (χ2v) is 4.68. The zero-order valence-corrected chi connectivity index (χ0v) is 10.8. The maximum Gasteiger partial charge on any atom is 0.287 e. The zero-order chi connectivity index (χ0) is 13.8. The van der Waals surface area contributed by atoms with Crippen molar-refractivity contribution in [2.75, 3.05) is 13.2 Å². The Morgan fingerprint density at radius 3 is 3.05 bits per heavy atom. The quantitative estimate of drug-likeness (QED) is 0.825. The maximum atomic E-state index is 12.2. The van der Waals surface area contributed by atoms with E-state index in [1.165, 1.54) is 6.26 Å². The number of nitrogens with zero attached hydrogens (tertiary/aromatic N) is 1. The number of aliphatic hydroxyl groups is 1. The molecule has 6 heteroatoms. The molecule has 0 aliphatic carbocycles. The molecule has 1 saturated heterocycles. The number of carbonyl (C=O) groups excluding carboxylic acids is 2. The van der Waals surface area contributed by atoms with Gasteiger partial charge in [-0.1, -0.05) is 0 Å². The molecule has 1 aliphatic rings. The van der Waals surface area contributed by atoms with Crippen molar-refractivity contribution in [1.82, 2.24) is 10.2 Å². The molecule has 2 unspecified atom stereocenters. The Morgan fingerprint density at radius 1 is 1.63 bits per heavy atom. The Bertz CT molecular complexity index is 444. The average Bonchev–Trinajstić information content (AvgIpc) is 3.08. The lowest BCUT2D eigenvalue weighted by Gasteiger charge is -2.26. The second-order valence-electron chi connectivity index (χ2n) is 4.68. The van der Waals surface area contributed by atoms with Crippen LogP contribution in [0.1, 0.15) is 30.3 Å². The Morgan fingerprint density at radius 2 is 2.42 bits per heavy atom. The summed E-state index contributed by atoms with van der Waals surface area (Å²) >= 11 is 0. The van der Waals surface area contributed by atoms with Gasteiger partial charge in [0.05, 0.1) is 18.9 Å². The normalized spacial score (nSPS) is 20.3. The van der Waals surface area contributed by atoms with Crippen LogP contribution in [0.15, 0.2) is 22.8 Å². The summed E-state index contributed by atoms with van der Waals surface area (Å²) in [6, 6.07) is 2.39. The highest BCUT2D eigenvalue weighted by molar-refractivity contribution is 5.95. The highest BCUT2D eigenvalue weighted by Gasteiger charge is 2.31. The second kappa shape index (κ2) is 5.88. The predicted molar refractivity (Wildman–Crippen MR) is 67.5 cm³/mol. The van der Waals surface area contributed by atoms with Crippen LogP contribution in [0.3, 0.4) is 0 Å². The minimum Gasteiger partial charge on any atom is -0.459 e. The van der Waals surface area contributed by atoms with Gasteiger partial charge < -0.3 is 19.7 Å². The van der Waals surface area contributed by atoms with E-state index in [9.17, 15) is 14.7 Å². The lowest BCUT2D eigenvalue weighted by molar-refractivity contribution is -0.134. The van der Waals surface area contributed by atoms with E-state index >= 15 is 0 Å². The summed E-state index contributed by atoms with van der Waals surface area (Å²) in [5.41, 5.74) is 0. The van der Waals surface area contributed by atoms with Crippen LogP contribution in [0.4, 0.5) is 0 Å². The molecule has 0 radical (unpaired) electrons. The molecule has 2 N–H and O–H groups in total. The lowest BCUT2D eigenvalue weighted by Crippen LogP contribution is -2.49. The molecule has 1 aromatic heterocycles. The first-order valence-corrected chi connectivity index (χ1v) is 6.39. The average molecular weight is 266 g/mol. The van der Waals surface area contributed by atoms with Crippen molar-refractivity contribution in [3.63, 3.8) is 0 Å². The Balaban J connectivity index is 1.94. The SMILES string of the molecule is CC(NC(=O)c1ccco1)C(=O)N1CCCC1CO. The minimum atomic E-state index is -0.634. The molecule has 104 valence electrons. The maximum absolute atomic E-state index is 12.2. The molecule has 0 spiro atoms. The predicted octanol–water partition coefficient (Wildman–Crippen LogP) is 0.381. The van der Waals surface area contributed by atoms with Crippen LogP contribution >= 0.6 is 0 Å². The Hall–Kier alpha value is -1.82. The fourth-order valence-corrected chi connectivity index (χ4v) is 2.30. The van der Waals surface area contributed by atoms with Crippen molar-refractivity contribution >= 4 is 11.8 Å². The number of amides is 2. The fourth-order valence-electron chi connectivity index (χ4n) is 2.30. The van der Waals surface area contributed by atoms with Crippen LogP contribution in [0, 0.1) is 0 Å². The van der Waals surface area contributed by atoms with Crippen LogP contribution in [0.25, 0.3) is 0 Å². The van der Waals surface area contributed by atoms with E-state index in [-0.39, 0.29) is 24.3 Å². The molecule has 1 aromatic rings. The van der Waals surface area contributed by atoms with Gasteiger partial charge in [0, 0.05) is 6.54 Å². The standard InChI is InChI=1S/C13H18N2O4/c1-9(14-12(17)11-5-3-7-19-11)13(18)15-6-2-4-10(15)8-16/h3,5,7,9-10,16H,2,4,6,8H2,1H3,(H,14,17). The van der Waals surface area contributed by atoms with Gasteiger partial charge in [-0.05, 0) is 31.9 Å². The van der Waals surface area contributed by atoms with Crippen molar-refractivity contribution in [1.29, 1.82) is 0 Å². The molecule has 0 saturated carbocycles. The molecule has 2 amide bonds. The van der Waals surface area contributed by atoms with Gasteiger partial charge in [-0.25, -0.2) is 0 Å². The van der Waals surface area contributed by atoms with E-state index in [0.717, 1.165) is 12.8 Å². The van der Waals surface area contributed by atoms with Crippen molar-refractivity contribution in [3.8, 4) is 0 Å². The van der Waals surface area contributed by atoms with Crippen LogP contribution in [0.2, 0.25) is 0 Å². The van der Waals surface area contributed by atoms with Gasteiger partial charge >= 0.3 is 0 Å². The van der Waals surface area contributed by atoms with Crippen LogP contribution in [-0.4, -0.2) is 47.1 Å². The third kappa shape index (κ3) is 2.96. The van der Waals surface area contributed by atoms with Gasteiger partial charge in [-0.3, -0.25) is 9.59 Å². The minimum absolute atomic E-state index is 0.0371. The van der Waals surface area contributed by atoms with Crippen molar-refractivity contribution in [2.24, 2.45) is 0 Å². The first kappa shape index (κ1) is 13.6. The van der Waals surface area contributed by atoms with E-state index in [1.54, 1.807) is 24.0 Å². The summed E-state index contributed by atoms with van der Waals surface area (Å²) < 4.78 is 4.97. The molecule has 0 aromatic carbocycles. The summed E-state index contributed by atoms with van der Waals surface area (Å²) in [5, 5.41) is 11.8. The summed E-state index contributed by atoms with van der Waals surface area (Å²) in [6.07, 6.45) is 3.10. The zero-order valence-electron chi connectivity index (χ0n) is 10.8. The van der Waals surface area contributed by atoms with E-state index in [2.05, 4.69) is 5.32 Å². The molecule has 1 aliphatic heterocycles. The molecule has 1 fully saturated rings. The number of furan rings is 1. The van der Waals surface area contributed by atoms with E-state index in [1.807, 2.05) is 0 Å². The molecular weight excluding hydrogens is 248 g/mol. The van der Waals surface area contributed by atoms with E-state index in [4.69, 9.17) is 4.42 Å². The van der Waals surface area contributed by atoms with Gasteiger partial charge in [-0.15, -0.1) is 0 Å². The van der Waals surface area contributed by atoms with Crippen molar-refractivity contribution in [2.45, 2.75) is 31.8 Å². The largest absolute Gasteiger partial charge is 0.459 e. The van der Waals surface area contributed by atoms with Crippen LogP contribution < -0.4 is 5.32 Å². The topological polar surface area (TPSA) is 82.8 Å². The molecule has 6 nitrogen and oxygen atoms in total. The highest BCUT2D eigenvalue weighted by Crippen LogP contribution is 2.17. The smallest absolute Gasteiger partial charge is 0.287 e. The summed E-state index contributed by atoms with van der Waals surface area (Å²) in [5.74, 6) is -0.401. The van der Waals surface area contributed by atoms with Crippen LogP contribution in [0.5, 0.6) is 0 Å². The molecule has 2 atom stereocenters. The third-order valence-electron chi connectivity index (χ3n) is 3.33. The molecule has 2 heterocycles. The number of likely N-dealkylation sites (tertiary alicyclic amines) is 1. The first-order chi connectivity index (χ1) is 9.13. The summed E-state index contributed by atoms with van der Waals surface area (Å²) in [6.45, 7) is 2.23. The fraction of sp³-hybridized carbons (Fsp3) is 0.538. The molecule has 19 heavy (non-hydrogen) atoms. The molecule has 0 bridgehead atoms. The monoisotopic (exact) mass is 266 g/mol.